The van der Waals surface area contributed by atoms with Gasteiger partial charge in [-0.1, -0.05) is 24.8 Å². The summed E-state index contributed by atoms with van der Waals surface area (Å²) >= 11 is 1.14. The zero-order chi connectivity index (χ0) is 20.4. The van der Waals surface area contributed by atoms with Crippen molar-refractivity contribution in [3.05, 3.63) is 36.0 Å². The van der Waals surface area contributed by atoms with Gasteiger partial charge in [-0.15, -0.1) is 0 Å². The van der Waals surface area contributed by atoms with Crippen molar-refractivity contribution < 1.29 is 18.3 Å². The van der Waals surface area contributed by atoms with Gasteiger partial charge in [-0.25, -0.2) is 18.6 Å². The van der Waals surface area contributed by atoms with Gasteiger partial charge in [0, 0.05) is 30.8 Å². The first-order valence-corrected chi connectivity index (χ1v) is 9.51. The molecule has 5 nitrogen and oxygen atoms in total. The number of hydrogen-bond acceptors (Lipinski definition) is 5. The molecule has 0 radical (unpaired) electrons. The summed E-state index contributed by atoms with van der Waals surface area (Å²) < 4.78 is 32.9. The summed E-state index contributed by atoms with van der Waals surface area (Å²) in [6.45, 7) is 14.1. The van der Waals surface area contributed by atoms with Crippen LogP contribution in [0.3, 0.4) is 0 Å². The average molecular weight is 397 g/mol. The molecule has 27 heavy (non-hydrogen) atoms. The number of nitrogens with zero attached hydrogens (tertiary/aromatic N) is 2. The van der Waals surface area contributed by atoms with E-state index in [0.717, 1.165) is 17.4 Å². The molecule has 0 aliphatic carbocycles. The molecule has 1 aromatic heterocycles. The normalized spacial score (nSPS) is 12.7. The minimum absolute atomic E-state index is 0.105. The first kappa shape index (κ1) is 21.1. The first-order chi connectivity index (χ1) is 12.5. The second-order valence-electron chi connectivity index (χ2n) is 7.32. The van der Waals surface area contributed by atoms with E-state index in [-0.39, 0.29) is 17.5 Å². The summed E-state index contributed by atoms with van der Waals surface area (Å²) in [5.74, 6) is -1.44. The second-order valence-corrected chi connectivity index (χ2v) is 8.35. The third kappa shape index (κ3) is 5.63. The van der Waals surface area contributed by atoms with Crippen molar-refractivity contribution in [3.63, 3.8) is 0 Å². The molecule has 1 heterocycles. The Labute approximate surface area is 162 Å². The van der Waals surface area contributed by atoms with Crippen LogP contribution in [0.2, 0.25) is 0 Å². The molecule has 0 aliphatic heterocycles. The molecule has 0 saturated carbocycles. The number of nitrogens with one attached hydrogen (secondary N) is 1. The maximum absolute atomic E-state index is 13.8. The molecule has 148 valence electrons. The lowest BCUT2D eigenvalue weighted by Gasteiger charge is -2.29. The summed E-state index contributed by atoms with van der Waals surface area (Å²) in [5, 5.41) is 3.46. The molecule has 1 N–H and O–H groups in total. The lowest BCUT2D eigenvalue weighted by atomic mass is 10.1. The van der Waals surface area contributed by atoms with Crippen molar-refractivity contribution in [2.24, 2.45) is 5.92 Å². The van der Waals surface area contributed by atoms with Gasteiger partial charge >= 0.3 is 6.09 Å². The molecule has 0 fully saturated rings. The predicted molar refractivity (Wildman–Crippen MR) is 105 cm³/mol. The summed E-state index contributed by atoms with van der Waals surface area (Å²) in [4.78, 5) is 18.0. The van der Waals surface area contributed by atoms with Gasteiger partial charge in [0.1, 0.15) is 16.9 Å². The van der Waals surface area contributed by atoms with E-state index in [9.17, 15) is 13.6 Å². The maximum atomic E-state index is 13.8. The number of anilines is 1. The number of rotatable bonds is 6. The van der Waals surface area contributed by atoms with E-state index in [4.69, 9.17) is 4.74 Å². The van der Waals surface area contributed by atoms with E-state index in [2.05, 4.69) is 16.9 Å². The topological polar surface area (TPSA) is 54.5 Å². The largest absolute Gasteiger partial charge is 0.444 e. The van der Waals surface area contributed by atoms with Crippen molar-refractivity contribution >= 4 is 32.8 Å². The molecule has 1 aromatic carbocycles. The summed E-state index contributed by atoms with van der Waals surface area (Å²) in [5.41, 5.74) is 0.175. The van der Waals surface area contributed by atoms with Gasteiger partial charge in [0.25, 0.3) is 0 Å². The maximum Gasteiger partial charge on any atom is 0.410 e. The number of thiazole rings is 1. The SMILES string of the molecule is C=C(Nc1nc2c(F)cc(F)cc2s1)C(C)CN(CC)C(=O)OC(C)(C)C. The molecule has 1 unspecified atom stereocenters. The Morgan fingerprint density at radius 2 is 2.07 bits per heavy atom. The number of fused-ring (bicyclic) bond motifs is 1. The number of hydrogen-bond donors (Lipinski definition) is 1. The molecule has 1 atom stereocenters. The Bertz CT molecular complexity index is 845. The van der Waals surface area contributed by atoms with E-state index in [0.29, 0.717) is 28.6 Å². The van der Waals surface area contributed by atoms with Gasteiger partial charge < -0.3 is 15.0 Å². The molecule has 2 aromatic rings. The van der Waals surface area contributed by atoms with Crippen LogP contribution in [-0.4, -0.2) is 34.7 Å². The first-order valence-electron chi connectivity index (χ1n) is 8.69. The molecule has 8 heteroatoms. The highest BCUT2D eigenvalue weighted by Gasteiger charge is 2.23. The van der Waals surface area contributed by atoms with Crippen molar-refractivity contribution in [2.75, 3.05) is 18.4 Å². The zero-order valence-corrected chi connectivity index (χ0v) is 17.0. The number of carbonyl (C=O) groups is 1. The van der Waals surface area contributed by atoms with Gasteiger partial charge in [-0.2, -0.15) is 0 Å². The van der Waals surface area contributed by atoms with E-state index in [1.54, 1.807) is 4.90 Å². The van der Waals surface area contributed by atoms with Crippen LogP contribution >= 0.6 is 11.3 Å². The third-order valence-corrected chi connectivity index (χ3v) is 4.72. The van der Waals surface area contributed by atoms with Crippen LogP contribution in [0.5, 0.6) is 0 Å². The Hall–Kier alpha value is -2.22. The number of aromatic nitrogens is 1. The van der Waals surface area contributed by atoms with E-state index >= 15 is 0 Å². The highest BCUT2D eigenvalue weighted by atomic mass is 32.1. The molecule has 0 bridgehead atoms. The fraction of sp³-hybridized carbons (Fsp3) is 0.474. The zero-order valence-electron chi connectivity index (χ0n) is 16.2. The Morgan fingerprint density at radius 3 is 2.67 bits per heavy atom. The van der Waals surface area contributed by atoms with Gasteiger partial charge in [-0.3, -0.25) is 0 Å². The number of amides is 1. The molecule has 0 aliphatic rings. The highest BCUT2D eigenvalue weighted by molar-refractivity contribution is 7.22. The van der Waals surface area contributed by atoms with E-state index in [1.165, 1.54) is 6.07 Å². The van der Waals surface area contributed by atoms with Crippen LogP contribution in [0, 0.1) is 17.6 Å². The fourth-order valence-electron chi connectivity index (χ4n) is 2.37. The predicted octanol–water partition coefficient (Wildman–Crippen LogP) is 5.39. The second kappa shape index (κ2) is 8.21. The van der Waals surface area contributed by atoms with Crippen molar-refractivity contribution in [3.8, 4) is 0 Å². The van der Waals surface area contributed by atoms with E-state index < -0.39 is 17.2 Å². The number of carbonyl (C=O) groups excluding carboxylic acids is 1. The van der Waals surface area contributed by atoms with E-state index in [1.807, 2.05) is 34.6 Å². The quantitative estimate of drug-likeness (QED) is 0.710. The van der Waals surface area contributed by atoms with Crippen LogP contribution in [0.15, 0.2) is 24.4 Å². The standard InChI is InChI=1S/C19H25F2N3O2S/c1-7-24(18(25)26-19(4,5)6)10-11(2)12(3)22-17-23-16-14(21)8-13(20)9-15(16)27-17/h8-9,11H,3,7,10H2,1-2,4-6H3,(H,22,23). The van der Waals surface area contributed by atoms with Crippen LogP contribution in [0.25, 0.3) is 10.2 Å². The summed E-state index contributed by atoms with van der Waals surface area (Å²) in [7, 11) is 0. The van der Waals surface area contributed by atoms with Gasteiger partial charge in [0.2, 0.25) is 0 Å². The monoisotopic (exact) mass is 397 g/mol. The van der Waals surface area contributed by atoms with Gasteiger partial charge in [0.15, 0.2) is 10.9 Å². The lowest BCUT2D eigenvalue weighted by Crippen LogP contribution is -2.39. The van der Waals surface area contributed by atoms with Crippen molar-refractivity contribution in [1.82, 2.24) is 9.88 Å². The lowest BCUT2D eigenvalue weighted by molar-refractivity contribution is 0.0243. The van der Waals surface area contributed by atoms with Crippen LogP contribution < -0.4 is 5.32 Å². The summed E-state index contributed by atoms with van der Waals surface area (Å²) in [6.07, 6.45) is -0.387. The van der Waals surface area contributed by atoms with Gasteiger partial charge in [0.05, 0.1) is 4.70 Å². The van der Waals surface area contributed by atoms with Crippen LogP contribution in [-0.2, 0) is 4.74 Å². The minimum atomic E-state index is -0.699. The summed E-state index contributed by atoms with van der Waals surface area (Å²) in [6, 6.07) is 2.05. The van der Waals surface area contributed by atoms with Crippen molar-refractivity contribution in [2.45, 2.75) is 40.2 Å². The van der Waals surface area contributed by atoms with Crippen LogP contribution in [0.1, 0.15) is 34.6 Å². The third-order valence-electron chi connectivity index (χ3n) is 3.80. The molecule has 0 saturated heterocycles. The average Bonchev–Trinajstić information content (AvgIpc) is 2.93. The van der Waals surface area contributed by atoms with Gasteiger partial charge in [-0.05, 0) is 33.8 Å². The molecular formula is C19H25F2N3O2S. The van der Waals surface area contributed by atoms with Crippen LogP contribution in [0.4, 0.5) is 18.7 Å². The Morgan fingerprint density at radius 1 is 1.41 bits per heavy atom. The molecular weight excluding hydrogens is 372 g/mol. The fourth-order valence-corrected chi connectivity index (χ4v) is 3.31. The van der Waals surface area contributed by atoms with Crippen molar-refractivity contribution in [1.29, 1.82) is 0 Å². The molecule has 2 rings (SSSR count). The number of halogens is 2. The smallest absolute Gasteiger partial charge is 0.410 e. The Kier molecular flexibility index (Phi) is 6.41. The number of ether oxygens (including phenoxy) is 1. The Balaban J connectivity index is 2.04. The minimum Gasteiger partial charge on any atom is -0.444 e. The highest BCUT2D eigenvalue weighted by Crippen LogP contribution is 2.30. The molecule has 0 spiro atoms. The molecule has 1 amide bonds. The number of benzene rings is 1.